The van der Waals surface area contributed by atoms with E-state index in [2.05, 4.69) is 15.5 Å². The maximum absolute atomic E-state index is 12.4. The maximum atomic E-state index is 12.4. The summed E-state index contributed by atoms with van der Waals surface area (Å²) < 4.78 is 12.1. The van der Waals surface area contributed by atoms with Gasteiger partial charge >= 0.3 is 0 Å². The average molecular weight is 471 g/mol. The number of nitrogen functional groups attached to an aromatic ring is 1. The second-order valence-electron chi connectivity index (χ2n) is 7.19. The van der Waals surface area contributed by atoms with Gasteiger partial charge in [0.05, 0.1) is 19.4 Å². The molecule has 174 valence electrons. The lowest BCUT2D eigenvalue weighted by Gasteiger charge is -2.16. The molecule has 1 aromatic heterocycles. The predicted octanol–water partition coefficient (Wildman–Crippen LogP) is 2.08. The van der Waals surface area contributed by atoms with E-state index >= 15 is 0 Å². The highest BCUT2D eigenvalue weighted by molar-refractivity contribution is 7.99. The van der Waals surface area contributed by atoms with Crippen molar-refractivity contribution in [2.24, 2.45) is 0 Å². The number of nitrogens with one attached hydrogen (secondary N) is 1. The fraction of sp³-hybridized carbons (Fsp3) is 0.273. The van der Waals surface area contributed by atoms with Crippen molar-refractivity contribution in [1.29, 1.82) is 0 Å². The van der Waals surface area contributed by atoms with Gasteiger partial charge in [0.1, 0.15) is 18.1 Å². The molecule has 3 rings (SSSR count). The van der Waals surface area contributed by atoms with Crippen LogP contribution in [-0.2, 0) is 16.2 Å². The Balaban J connectivity index is 1.46. The number of likely N-dealkylation sites (N-methyl/N-ethyl adjacent to an activating group) is 1. The molecule has 0 radical (unpaired) electrons. The number of aromatic nitrogens is 3. The minimum absolute atomic E-state index is 0.0559. The van der Waals surface area contributed by atoms with Gasteiger partial charge in [0.15, 0.2) is 5.82 Å². The second kappa shape index (κ2) is 11.2. The van der Waals surface area contributed by atoms with E-state index in [0.717, 1.165) is 17.3 Å². The summed E-state index contributed by atoms with van der Waals surface area (Å²) in [4.78, 5) is 26.0. The Kier molecular flexibility index (Phi) is 8.14. The molecule has 33 heavy (non-hydrogen) atoms. The summed E-state index contributed by atoms with van der Waals surface area (Å²) in [5.74, 6) is 7.26. The zero-order chi connectivity index (χ0) is 23.8. The van der Waals surface area contributed by atoms with Crippen molar-refractivity contribution in [2.45, 2.75) is 18.7 Å². The van der Waals surface area contributed by atoms with Crippen molar-refractivity contribution in [1.82, 2.24) is 19.8 Å². The van der Waals surface area contributed by atoms with Crippen LogP contribution in [0.4, 0.5) is 5.69 Å². The molecule has 3 aromatic rings. The van der Waals surface area contributed by atoms with E-state index in [0.29, 0.717) is 28.2 Å². The number of nitrogens with zero attached hydrogens (tertiary/aromatic N) is 4. The molecule has 11 heteroatoms. The number of rotatable bonds is 10. The molecule has 0 fully saturated rings. The molecule has 2 aromatic carbocycles. The first kappa shape index (κ1) is 23.9. The summed E-state index contributed by atoms with van der Waals surface area (Å²) in [6, 6.07) is 14.6. The third-order valence-electron chi connectivity index (χ3n) is 4.61. The molecular formula is C22H26N6O4S. The molecule has 0 saturated carbocycles. The molecule has 10 nitrogen and oxygen atoms in total. The Labute approximate surface area is 196 Å². The number of methoxy groups -OCH3 is 1. The van der Waals surface area contributed by atoms with Crippen LogP contribution in [0.1, 0.15) is 11.4 Å². The summed E-state index contributed by atoms with van der Waals surface area (Å²) in [7, 11) is 3.15. The summed E-state index contributed by atoms with van der Waals surface area (Å²) >= 11 is 1.13. The number of benzene rings is 2. The van der Waals surface area contributed by atoms with Crippen molar-refractivity contribution in [2.75, 3.05) is 37.6 Å². The maximum Gasteiger partial charge on any atom is 0.243 e. The van der Waals surface area contributed by atoms with Gasteiger partial charge < -0.3 is 25.5 Å². The summed E-state index contributed by atoms with van der Waals surface area (Å²) in [6.07, 6.45) is 0. The first-order valence-electron chi connectivity index (χ1n) is 10.0. The summed E-state index contributed by atoms with van der Waals surface area (Å²) in [5.41, 5.74) is 1.78. The molecule has 0 spiro atoms. The molecule has 2 amide bonds. The van der Waals surface area contributed by atoms with Gasteiger partial charge in [0, 0.05) is 18.8 Å². The number of amides is 2. The zero-order valence-electron chi connectivity index (χ0n) is 18.6. The van der Waals surface area contributed by atoms with Gasteiger partial charge in [-0.3, -0.25) is 9.59 Å². The largest absolute Gasteiger partial charge is 0.497 e. The van der Waals surface area contributed by atoms with E-state index in [1.165, 1.54) is 9.58 Å². The predicted molar refractivity (Wildman–Crippen MR) is 126 cm³/mol. The fourth-order valence-electron chi connectivity index (χ4n) is 2.72. The molecule has 0 aliphatic rings. The zero-order valence-corrected chi connectivity index (χ0v) is 19.5. The molecule has 0 atom stereocenters. The highest BCUT2D eigenvalue weighted by atomic mass is 32.2. The SMILES string of the molecule is COc1cccc(OCc2nnc(SCC(=O)N(C)CC(=O)Nc3ccc(C)cc3)n2N)c1. The summed E-state index contributed by atoms with van der Waals surface area (Å²) in [6.45, 7) is 2.00. The molecule has 0 aliphatic heterocycles. The lowest BCUT2D eigenvalue weighted by Crippen LogP contribution is -2.36. The van der Waals surface area contributed by atoms with Gasteiger partial charge in [-0.1, -0.05) is 35.5 Å². The monoisotopic (exact) mass is 470 g/mol. The number of anilines is 1. The van der Waals surface area contributed by atoms with E-state index in [-0.39, 0.29) is 30.7 Å². The molecule has 1 heterocycles. The number of thioether (sulfide) groups is 1. The van der Waals surface area contributed by atoms with Crippen molar-refractivity contribution in [3.63, 3.8) is 0 Å². The number of hydrogen-bond acceptors (Lipinski definition) is 8. The molecule has 0 aliphatic carbocycles. The van der Waals surface area contributed by atoms with Crippen molar-refractivity contribution in [3.05, 3.63) is 59.9 Å². The van der Waals surface area contributed by atoms with Gasteiger partial charge in [-0.25, -0.2) is 4.68 Å². The van der Waals surface area contributed by atoms with Crippen LogP contribution in [-0.4, -0.2) is 58.0 Å². The number of aryl methyl sites for hydroxylation is 1. The van der Waals surface area contributed by atoms with Crippen LogP contribution in [0, 0.1) is 6.92 Å². The van der Waals surface area contributed by atoms with E-state index < -0.39 is 0 Å². The van der Waals surface area contributed by atoms with Gasteiger partial charge in [-0.2, -0.15) is 0 Å². The third kappa shape index (κ3) is 6.88. The van der Waals surface area contributed by atoms with Crippen LogP contribution in [0.25, 0.3) is 0 Å². The van der Waals surface area contributed by atoms with Crippen LogP contribution in [0.5, 0.6) is 11.5 Å². The first-order chi connectivity index (χ1) is 15.9. The van der Waals surface area contributed by atoms with E-state index in [9.17, 15) is 9.59 Å². The third-order valence-corrected chi connectivity index (χ3v) is 5.54. The molecule has 0 unspecified atom stereocenters. The number of hydrogen-bond donors (Lipinski definition) is 2. The molecule has 3 N–H and O–H groups in total. The Hall–Kier alpha value is -3.73. The Morgan fingerprint density at radius 2 is 1.88 bits per heavy atom. The summed E-state index contributed by atoms with van der Waals surface area (Å²) in [5, 5.41) is 11.2. The smallest absolute Gasteiger partial charge is 0.243 e. The Morgan fingerprint density at radius 3 is 2.61 bits per heavy atom. The van der Waals surface area contributed by atoms with Crippen molar-refractivity contribution < 1.29 is 19.1 Å². The van der Waals surface area contributed by atoms with Crippen molar-refractivity contribution in [3.8, 4) is 11.5 Å². The van der Waals surface area contributed by atoms with Crippen LogP contribution in [0.3, 0.4) is 0 Å². The lowest BCUT2D eigenvalue weighted by atomic mass is 10.2. The van der Waals surface area contributed by atoms with Gasteiger partial charge in [-0.15, -0.1) is 10.2 Å². The Morgan fingerprint density at radius 1 is 1.15 bits per heavy atom. The highest BCUT2D eigenvalue weighted by Gasteiger charge is 2.17. The quantitative estimate of drug-likeness (QED) is 0.341. The molecule has 0 bridgehead atoms. The van der Waals surface area contributed by atoms with E-state index in [1.807, 2.05) is 43.3 Å². The fourth-order valence-corrected chi connectivity index (χ4v) is 3.54. The standard InChI is InChI=1S/C22H26N6O4S/c1-15-7-9-16(10-8-15)24-20(29)12-27(2)21(30)14-33-22-26-25-19(28(22)23)13-32-18-6-4-5-17(11-18)31-3/h4-11H,12-14,23H2,1-3H3,(H,24,29). The number of ether oxygens (including phenoxy) is 2. The van der Waals surface area contributed by atoms with Gasteiger partial charge in [-0.05, 0) is 31.2 Å². The van der Waals surface area contributed by atoms with Crippen LogP contribution in [0.15, 0.2) is 53.7 Å². The normalized spacial score (nSPS) is 10.5. The number of nitrogens with two attached hydrogens (primary N) is 1. The molecule has 0 saturated heterocycles. The second-order valence-corrected chi connectivity index (χ2v) is 8.13. The van der Waals surface area contributed by atoms with E-state index in [4.69, 9.17) is 15.3 Å². The first-order valence-corrected chi connectivity index (χ1v) is 11.0. The number of carbonyl (C=O) groups is 2. The topological polar surface area (TPSA) is 125 Å². The highest BCUT2D eigenvalue weighted by Crippen LogP contribution is 2.20. The van der Waals surface area contributed by atoms with E-state index in [1.54, 1.807) is 26.3 Å². The van der Waals surface area contributed by atoms with Gasteiger partial charge in [0.2, 0.25) is 17.0 Å². The van der Waals surface area contributed by atoms with Gasteiger partial charge in [0.25, 0.3) is 0 Å². The Bertz CT molecular complexity index is 1100. The van der Waals surface area contributed by atoms with Crippen molar-refractivity contribution >= 4 is 29.3 Å². The lowest BCUT2D eigenvalue weighted by molar-refractivity contribution is -0.131. The van der Waals surface area contributed by atoms with Crippen LogP contribution < -0.4 is 20.6 Å². The van der Waals surface area contributed by atoms with Crippen LogP contribution >= 0.6 is 11.8 Å². The molecular weight excluding hydrogens is 444 g/mol. The number of carbonyl (C=O) groups excluding carboxylic acids is 2. The van der Waals surface area contributed by atoms with Crippen LogP contribution in [0.2, 0.25) is 0 Å². The average Bonchev–Trinajstić information content (AvgIpc) is 3.16. The minimum atomic E-state index is -0.279. The minimum Gasteiger partial charge on any atom is -0.497 e.